The van der Waals surface area contributed by atoms with Gasteiger partial charge in [0, 0.05) is 44.6 Å². The minimum Gasteiger partial charge on any atom is -0.482 e. The highest BCUT2D eigenvalue weighted by Gasteiger charge is 2.26. The highest BCUT2D eigenvalue weighted by molar-refractivity contribution is 5.68. The van der Waals surface area contributed by atoms with Gasteiger partial charge in [0.05, 0.1) is 6.61 Å². The number of carboxylic acid groups (broad SMARTS) is 1. The van der Waals surface area contributed by atoms with Crippen molar-refractivity contribution in [2.24, 2.45) is 0 Å². The van der Waals surface area contributed by atoms with E-state index in [9.17, 15) is 4.79 Å². The van der Waals surface area contributed by atoms with Crippen molar-refractivity contribution in [3.8, 4) is 5.75 Å². The van der Waals surface area contributed by atoms with Crippen LogP contribution in [0.5, 0.6) is 5.75 Å². The van der Waals surface area contributed by atoms with Gasteiger partial charge in [-0.2, -0.15) is 0 Å². The van der Waals surface area contributed by atoms with E-state index in [-0.39, 0.29) is 12.7 Å². The fraction of sp³-hybridized carbons (Fsp3) is 0.389. The molecule has 0 spiro atoms. The molecule has 1 saturated heterocycles. The van der Waals surface area contributed by atoms with Crippen LogP contribution in [0.25, 0.3) is 0 Å². The molecule has 0 unspecified atom stereocenters. The minimum atomic E-state index is -0.992. The van der Waals surface area contributed by atoms with Crippen molar-refractivity contribution in [1.29, 1.82) is 0 Å². The van der Waals surface area contributed by atoms with Gasteiger partial charge in [0.25, 0.3) is 0 Å². The first-order valence-electron chi connectivity index (χ1n) is 8.42. The van der Waals surface area contributed by atoms with Crippen LogP contribution < -0.4 is 10.1 Å². The van der Waals surface area contributed by atoms with Gasteiger partial charge in [-0.15, -0.1) is 0 Å². The van der Waals surface area contributed by atoms with Gasteiger partial charge in [-0.25, -0.2) is 9.78 Å². The Morgan fingerprint density at radius 1 is 1.38 bits per heavy atom. The first-order chi connectivity index (χ1) is 12.7. The van der Waals surface area contributed by atoms with Gasteiger partial charge >= 0.3 is 5.97 Å². The zero-order valence-electron chi connectivity index (χ0n) is 14.6. The molecule has 1 aromatic heterocycles. The van der Waals surface area contributed by atoms with Gasteiger partial charge in [-0.3, -0.25) is 9.88 Å². The lowest BCUT2D eigenvalue weighted by Crippen LogP contribution is -2.38. The Hall–Kier alpha value is -2.71. The van der Waals surface area contributed by atoms with Gasteiger partial charge in [0.2, 0.25) is 0 Å². The van der Waals surface area contributed by atoms with Gasteiger partial charge in [0.15, 0.2) is 6.61 Å². The Kier molecular flexibility index (Phi) is 5.98. The van der Waals surface area contributed by atoms with Crippen LogP contribution in [-0.2, 0) is 16.1 Å². The van der Waals surface area contributed by atoms with Crippen LogP contribution in [0.4, 0.5) is 5.82 Å². The molecule has 8 nitrogen and oxygen atoms in total. The first-order valence-corrected chi connectivity index (χ1v) is 8.42. The van der Waals surface area contributed by atoms with E-state index in [2.05, 4.69) is 20.2 Å². The van der Waals surface area contributed by atoms with Crippen LogP contribution in [0, 0.1) is 0 Å². The number of hydrogen-bond acceptors (Lipinski definition) is 7. The molecule has 2 aromatic rings. The van der Waals surface area contributed by atoms with E-state index in [1.165, 1.54) is 0 Å². The van der Waals surface area contributed by atoms with Crippen molar-refractivity contribution in [3.05, 3.63) is 47.9 Å². The van der Waals surface area contributed by atoms with E-state index in [0.717, 1.165) is 17.8 Å². The Morgan fingerprint density at radius 2 is 2.19 bits per heavy atom. The molecule has 0 saturated carbocycles. The van der Waals surface area contributed by atoms with Crippen LogP contribution in [0.15, 0.2) is 36.7 Å². The third-order valence-corrected chi connectivity index (χ3v) is 4.14. The summed E-state index contributed by atoms with van der Waals surface area (Å²) in [5, 5.41) is 11.9. The van der Waals surface area contributed by atoms with Crippen molar-refractivity contribution < 1.29 is 19.4 Å². The van der Waals surface area contributed by atoms with Crippen molar-refractivity contribution in [3.63, 3.8) is 0 Å². The highest BCUT2D eigenvalue weighted by atomic mass is 16.5. The molecule has 1 aromatic carbocycles. The first kappa shape index (κ1) is 18.1. The van der Waals surface area contributed by atoms with Crippen LogP contribution in [-0.4, -0.2) is 59.3 Å². The molecule has 138 valence electrons. The smallest absolute Gasteiger partial charge is 0.341 e. The number of benzene rings is 1. The summed E-state index contributed by atoms with van der Waals surface area (Å²) in [6.07, 6.45) is 3.13. The summed E-state index contributed by atoms with van der Waals surface area (Å²) in [6, 6.07) is 7.49. The largest absolute Gasteiger partial charge is 0.482 e. The number of ether oxygens (including phenoxy) is 2. The van der Waals surface area contributed by atoms with Gasteiger partial charge in [-0.1, -0.05) is 18.2 Å². The second kappa shape index (κ2) is 8.59. The number of hydrogen-bond donors (Lipinski definition) is 2. The molecule has 0 radical (unpaired) electrons. The third-order valence-electron chi connectivity index (χ3n) is 4.14. The Morgan fingerprint density at radius 3 is 3.00 bits per heavy atom. The van der Waals surface area contributed by atoms with E-state index in [0.29, 0.717) is 31.3 Å². The Bertz CT molecular complexity index is 755. The number of rotatable bonds is 7. The zero-order valence-corrected chi connectivity index (χ0v) is 14.6. The van der Waals surface area contributed by atoms with Crippen molar-refractivity contribution in [2.75, 3.05) is 38.7 Å². The highest BCUT2D eigenvalue weighted by Crippen LogP contribution is 2.27. The summed E-state index contributed by atoms with van der Waals surface area (Å²) in [5.41, 5.74) is 1.73. The Balaban J connectivity index is 1.70. The molecule has 8 heteroatoms. The predicted molar refractivity (Wildman–Crippen MR) is 95.1 cm³/mol. The minimum absolute atomic E-state index is 0.174. The maximum Gasteiger partial charge on any atom is 0.341 e. The zero-order chi connectivity index (χ0) is 18.4. The lowest BCUT2D eigenvalue weighted by molar-refractivity contribution is -0.139. The average molecular weight is 358 g/mol. The van der Waals surface area contributed by atoms with E-state index >= 15 is 0 Å². The number of para-hydroxylation sites is 1. The van der Waals surface area contributed by atoms with E-state index in [4.69, 9.17) is 14.6 Å². The normalized spacial score (nSPS) is 17.7. The van der Waals surface area contributed by atoms with Crippen molar-refractivity contribution in [1.82, 2.24) is 14.9 Å². The van der Waals surface area contributed by atoms with Gasteiger partial charge in [-0.05, 0) is 6.07 Å². The maximum atomic E-state index is 10.8. The Labute approximate surface area is 151 Å². The summed E-state index contributed by atoms with van der Waals surface area (Å²) in [4.78, 5) is 21.7. The number of anilines is 1. The molecule has 0 bridgehead atoms. The number of aromatic nitrogens is 2. The summed E-state index contributed by atoms with van der Waals surface area (Å²) in [5.74, 6) is 0.311. The average Bonchev–Trinajstić information content (AvgIpc) is 2.67. The standard InChI is InChI=1S/C18H22N4O4/c1-19-18-17(20-6-7-21-18)15-11-22(8-9-25-15)10-13-4-2-3-5-14(13)26-12-16(23)24/h2-7,15H,8-12H2,1H3,(H,19,21)(H,23,24)/t15-/m1/s1. The van der Waals surface area contributed by atoms with Crippen LogP contribution >= 0.6 is 0 Å². The summed E-state index contributed by atoms with van der Waals surface area (Å²) in [6.45, 7) is 2.32. The summed E-state index contributed by atoms with van der Waals surface area (Å²) in [7, 11) is 1.81. The second-order valence-electron chi connectivity index (χ2n) is 5.92. The van der Waals surface area contributed by atoms with Gasteiger partial charge < -0.3 is 19.9 Å². The van der Waals surface area contributed by atoms with Crippen molar-refractivity contribution in [2.45, 2.75) is 12.6 Å². The molecule has 1 fully saturated rings. The number of nitrogens with zero attached hydrogens (tertiary/aromatic N) is 3. The molecule has 2 heterocycles. The number of carboxylic acids is 1. The van der Waals surface area contributed by atoms with E-state index in [1.807, 2.05) is 25.2 Å². The topological polar surface area (TPSA) is 96.8 Å². The van der Waals surface area contributed by atoms with Gasteiger partial charge in [0.1, 0.15) is 23.4 Å². The van der Waals surface area contributed by atoms with Crippen LogP contribution in [0.2, 0.25) is 0 Å². The monoisotopic (exact) mass is 358 g/mol. The van der Waals surface area contributed by atoms with Crippen LogP contribution in [0.1, 0.15) is 17.4 Å². The quantitative estimate of drug-likeness (QED) is 0.770. The molecule has 1 aliphatic heterocycles. The molecule has 3 rings (SSSR count). The van der Waals surface area contributed by atoms with E-state index < -0.39 is 5.97 Å². The molecule has 0 amide bonds. The molecular formula is C18H22N4O4. The summed E-state index contributed by atoms with van der Waals surface area (Å²) >= 11 is 0. The fourth-order valence-corrected chi connectivity index (χ4v) is 2.94. The lowest BCUT2D eigenvalue weighted by atomic mass is 10.1. The molecule has 1 atom stereocenters. The fourth-order valence-electron chi connectivity index (χ4n) is 2.94. The molecule has 2 N–H and O–H groups in total. The molecule has 1 aliphatic rings. The second-order valence-corrected chi connectivity index (χ2v) is 5.92. The maximum absolute atomic E-state index is 10.8. The number of morpholine rings is 1. The molecule has 0 aliphatic carbocycles. The van der Waals surface area contributed by atoms with E-state index in [1.54, 1.807) is 18.5 Å². The number of carbonyl (C=O) groups is 1. The predicted octanol–water partition coefficient (Wildman–Crippen LogP) is 1.56. The molecule has 26 heavy (non-hydrogen) atoms. The third kappa shape index (κ3) is 4.47. The van der Waals surface area contributed by atoms with Crippen LogP contribution in [0.3, 0.4) is 0 Å². The SMILES string of the molecule is CNc1nccnc1[C@H]1CN(Cc2ccccc2OCC(=O)O)CCO1. The summed E-state index contributed by atoms with van der Waals surface area (Å²) < 4.78 is 11.3. The molecular weight excluding hydrogens is 336 g/mol. The lowest BCUT2D eigenvalue weighted by Gasteiger charge is -2.33. The van der Waals surface area contributed by atoms with Crippen molar-refractivity contribution >= 4 is 11.8 Å². The number of aliphatic carboxylic acids is 1. The number of nitrogens with one attached hydrogen (secondary N) is 1.